The van der Waals surface area contributed by atoms with Gasteiger partial charge in [0, 0.05) is 10.7 Å². The van der Waals surface area contributed by atoms with Gasteiger partial charge < -0.3 is 30.9 Å². The zero-order valence-corrected chi connectivity index (χ0v) is 21.5. The SMILES string of the molecule is COc1ccc(Cl)cc1S(=O)(=O)Nc1ccc(C)n(CC(=O)NCCON=C(N)N)c1=O.O=CC(F)(F)F. The minimum absolute atomic E-state index is 0.0127. The predicted octanol–water partition coefficient (Wildman–Crippen LogP) is 0.688. The second-order valence-electron chi connectivity index (χ2n) is 7.04. The maximum absolute atomic E-state index is 12.8. The Morgan fingerprint density at radius 1 is 1.24 bits per heavy atom. The summed E-state index contributed by atoms with van der Waals surface area (Å²) in [6.07, 6.45) is -5.70. The lowest BCUT2D eigenvalue weighted by atomic mass is 10.3. The molecule has 0 aliphatic carbocycles. The minimum Gasteiger partial charge on any atom is -0.495 e. The number of aryl methyl sites for hydroxylation is 1. The number of benzene rings is 1. The number of aromatic nitrogens is 1. The van der Waals surface area contributed by atoms with Crippen LogP contribution in [0.1, 0.15) is 5.69 Å². The van der Waals surface area contributed by atoms with E-state index < -0.39 is 34.0 Å². The Morgan fingerprint density at radius 2 is 1.87 bits per heavy atom. The van der Waals surface area contributed by atoms with Gasteiger partial charge in [-0.1, -0.05) is 11.6 Å². The predicted molar refractivity (Wildman–Crippen MR) is 131 cm³/mol. The first kappa shape index (κ1) is 32.0. The molecule has 0 spiro atoms. The van der Waals surface area contributed by atoms with Crippen molar-refractivity contribution in [2.75, 3.05) is 25.0 Å². The summed E-state index contributed by atoms with van der Waals surface area (Å²) in [5.74, 6) is -0.704. The van der Waals surface area contributed by atoms with E-state index in [9.17, 15) is 31.2 Å². The van der Waals surface area contributed by atoms with Gasteiger partial charge in [-0.25, -0.2) is 8.42 Å². The zero-order valence-electron chi connectivity index (χ0n) is 19.9. The van der Waals surface area contributed by atoms with Gasteiger partial charge in [0.1, 0.15) is 29.5 Å². The van der Waals surface area contributed by atoms with Crippen LogP contribution in [-0.2, 0) is 31.0 Å². The standard InChI is InChI=1S/C18H23ClN6O6S.C2HF3O/c1-11-3-5-13(24-32(28,29)15-9-12(19)4-6-14(15)30-2)17(27)25(11)10-16(26)22-7-8-31-23-18(20)21;3-2(4,5)1-6/h3-6,9,24H,7-8,10H2,1-2H3,(H,22,26)(H4,20,21,23);1H. The van der Waals surface area contributed by atoms with Gasteiger partial charge in [0.05, 0.1) is 13.7 Å². The highest BCUT2D eigenvalue weighted by molar-refractivity contribution is 7.92. The molecule has 2 rings (SSSR count). The Bertz CT molecular complexity index is 1330. The minimum atomic E-state index is -4.64. The van der Waals surface area contributed by atoms with E-state index in [1.165, 1.54) is 37.4 Å². The summed E-state index contributed by atoms with van der Waals surface area (Å²) in [4.78, 5) is 38.2. The molecule has 6 N–H and O–H groups in total. The number of pyridine rings is 1. The second-order valence-corrected chi connectivity index (χ2v) is 9.13. The van der Waals surface area contributed by atoms with Gasteiger partial charge in [0.2, 0.25) is 18.2 Å². The first-order valence-electron chi connectivity index (χ1n) is 10.2. The number of nitrogens with one attached hydrogen (secondary N) is 2. The Balaban J connectivity index is 0.00000107. The van der Waals surface area contributed by atoms with Gasteiger partial charge in [-0.15, -0.1) is 0 Å². The first-order valence-corrected chi connectivity index (χ1v) is 12.0. The normalized spacial score (nSPS) is 10.9. The third-order valence-corrected chi connectivity index (χ3v) is 5.79. The Kier molecular flexibility index (Phi) is 11.9. The van der Waals surface area contributed by atoms with E-state index in [0.717, 1.165) is 4.57 Å². The maximum Gasteiger partial charge on any atom is 0.446 e. The summed E-state index contributed by atoms with van der Waals surface area (Å²) < 4.78 is 65.3. The zero-order chi connectivity index (χ0) is 29.1. The molecule has 2 aromatic rings. The van der Waals surface area contributed by atoms with E-state index in [1.807, 2.05) is 0 Å². The molecular formula is C20H24ClF3N6O7S. The molecule has 1 heterocycles. The number of guanidine groups is 1. The van der Waals surface area contributed by atoms with Crippen molar-refractivity contribution < 1.29 is 40.8 Å². The molecule has 13 nitrogen and oxygen atoms in total. The highest BCUT2D eigenvalue weighted by Gasteiger charge is 2.25. The molecule has 210 valence electrons. The van der Waals surface area contributed by atoms with E-state index in [4.69, 9.17) is 37.4 Å². The van der Waals surface area contributed by atoms with Gasteiger partial charge in [-0.05, 0) is 42.4 Å². The van der Waals surface area contributed by atoms with Crippen molar-refractivity contribution in [1.82, 2.24) is 9.88 Å². The molecule has 1 amide bonds. The van der Waals surface area contributed by atoms with Crippen LogP contribution < -0.4 is 31.8 Å². The first-order chi connectivity index (χ1) is 17.6. The Hall–Kier alpha value is -3.99. The molecule has 1 aromatic carbocycles. The van der Waals surface area contributed by atoms with Crippen LogP contribution in [0.2, 0.25) is 5.02 Å². The van der Waals surface area contributed by atoms with E-state index in [-0.39, 0.29) is 47.0 Å². The van der Waals surface area contributed by atoms with Gasteiger partial charge in [-0.3, -0.25) is 19.1 Å². The number of nitrogens with two attached hydrogens (primary N) is 2. The van der Waals surface area contributed by atoms with E-state index >= 15 is 0 Å². The number of ether oxygens (including phenoxy) is 1. The Morgan fingerprint density at radius 3 is 2.42 bits per heavy atom. The third kappa shape index (κ3) is 10.6. The second kappa shape index (κ2) is 14.1. The largest absolute Gasteiger partial charge is 0.495 e. The number of aldehydes is 1. The number of carbonyl (C=O) groups excluding carboxylic acids is 2. The van der Waals surface area contributed by atoms with Crippen LogP contribution in [0, 0.1) is 6.92 Å². The van der Waals surface area contributed by atoms with E-state index in [1.54, 1.807) is 6.92 Å². The van der Waals surface area contributed by atoms with Gasteiger partial charge in [0.15, 0.2) is 0 Å². The van der Waals surface area contributed by atoms with Crippen molar-refractivity contribution in [3.8, 4) is 5.75 Å². The summed E-state index contributed by atoms with van der Waals surface area (Å²) in [7, 11) is -2.90. The summed E-state index contributed by atoms with van der Waals surface area (Å²) in [6.45, 7) is 1.36. The highest BCUT2D eigenvalue weighted by atomic mass is 35.5. The molecule has 0 radical (unpaired) electrons. The van der Waals surface area contributed by atoms with Crippen LogP contribution in [0.3, 0.4) is 0 Å². The smallest absolute Gasteiger partial charge is 0.446 e. The summed E-state index contributed by atoms with van der Waals surface area (Å²) in [6, 6.07) is 6.88. The number of rotatable bonds is 10. The molecule has 0 fully saturated rings. The molecule has 0 bridgehead atoms. The van der Waals surface area contributed by atoms with Crippen LogP contribution in [0.15, 0.2) is 45.2 Å². The molecule has 1 aromatic heterocycles. The number of nitrogens with zero attached hydrogens (tertiary/aromatic N) is 2. The van der Waals surface area contributed by atoms with Crippen LogP contribution in [-0.4, -0.2) is 57.6 Å². The number of hydrogen-bond acceptors (Lipinski definition) is 8. The quantitative estimate of drug-likeness (QED) is 0.102. The highest BCUT2D eigenvalue weighted by Crippen LogP contribution is 2.28. The molecule has 0 aliphatic rings. The molecule has 0 saturated carbocycles. The number of anilines is 1. The average Bonchev–Trinajstić information content (AvgIpc) is 2.83. The van der Waals surface area contributed by atoms with Crippen molar-refractivity contribution in [2.45, 2.75) is 24.5 Å². The summed E-state index contributed by atoms with van der Waals surface area (Å²) in [5.41, 5.74) is 9.70. The average molecular weight is 585 g/mol. The molecule has 38 heavy (non-hydrogen) atoms. The molecular weight excluding hydrogens is 561 g/mol. The lowest BCUT2D eigenvalue weighted by molar-refractivity contribution is -0.156. The molecule has 0 unspecified atom stereocenters. The van der Waals surface area contributed by atoms with E-state index in [2.05, 4.69) is 15.2 Å². The van der Waals surface area contributed by atoms with Crippen molar-refractivity contribution in [3.63, 3.8) is 0 Å². The van der Waals surface area contributed by atoms with Crippen LogP contribution in [0.5, 0.6) is 5.75 Å². The monoisotopic (exact) mass is 584 g/mol. The topological polar surface area (TPSA) is 197 Å². The van der Waals surface area contributed by atoms with Crippen molar-refractivity contribution in [2.24, 2.45) is 16.6 Å². The van der Waals surface area contributed by atoms with Crippen LogP contribution in [0.25, 0.3) is 0 Å². The number of carbonyl (C=O) groups is 2. The molecule has 18 heteroatoms. The number of halogens is 4. The lowest BCUT2D eigenvalue weighted by Gasteiger charge is -2.14. The molecule has 0 aliphatic heterocycles. The number of methoxy groups -OCH3 is 1. The third-order valence-electron chi connectivity index (χ3n) is 4.17. The fourth-order valence-corrected chi connectivity index (χ4v) is 4.05. The van der Waals surface area contributed by atoms with Crippen molar-refractivity contribution >= 4 is 45.5 Å². The fraction of sp³-hybridized carbons (Fsp3) is 0.300. The molecule has 0 atom stereocenters. The van der Waals surface area contributed by atoms with Crippen LogP contribution >= 0.6 is 11.6 Å². The van der Waals surface area contributed by atoms with Gasteiger partial charge in [0.25, 0.3) is 15.6 Å². The lowest BCUT2D eigenvalue weighted by Crippen LogP contribution is -2.36. The summed E-state index contributed by atoms with van der Waals surface area (Å²) >= 11 is 5.91. The fourth-order valence-electron chi connectivity index (χ4n) is 2.56. The Labute approximate surface area is 219 Å². The number of oxime groups is 1. The number of amides is 1. The summed E-state index contributed by atoms with van der Waals surface area (Å²) in [5, 5.41) is 6.01. The van der Waals surface area contributed by atoms with E-state index in [0.29, 0.717) is 5.69 Å². The maximum atomic E-state index is 12.8. The number of sulfonamides is 1. The van der Waals surface area contributed by atoms with Gasteiger partial charge in [-0.2, -0.15) is 13.2 Å². The van der Waals surface area contributed by atoms with Crippen molar-refractivity contribution in [3.05, 3.63) is 51.4 Å². The van der Waals surface area contributed by atoms with Gasteiger partial charge >= 0.3 is 6.18 Å². The molecule has 0 saturated heterocycles. The van der Waals surface area contributed by atoms with Crippen molar-refractivity contribution in [1.29, 1.82) is 0 Å². The number of hydrogen-bond donors (Lipinski definition) is 4. The number of alkyl halides is 3. The van der Waals surface area contributed by atoms with Crippen LogP contribution in [0.4, 0.5) is 18.9 Å².